The number of nitrogens with one attached hydrogen (secondary N) is 1. The summed E-state index contributed by atoms with van der Waals surface area (Å²) in [5.41, 5.74) is 0.629. The Balaban J connectivity index is 2.43. The second-order valence-electron chi connectivity index (χ2n) is 4.91. The Morgan fingerprint density at radius 2 is 1.92 bits per heavy atom. The Labute approximate surface area is 83.2 Å². The van der Waals surface area contributed by atoms with Crippen LogP contribution in [0, 0.1) is 15.6 Å². The van der Waals surface area contributed by atoms with E-state index in [4.69, 9.17) is 12.2 Å². The molecule has 1 N–H and O–H groups in total. The van der Waals surface area contributed by atoms with Gasteiger partial charge in [-0.1, -0.05) is 27.7 Å². The molecule has 1 heterocycles. The van der Waals surface area contributed by atoms with Crippen molar-refractivity contribution < 1.29 is 0 Å². The topological polar surface area (TPSA) is 33.6 Å². The highest BCUT2D eigenvalue weighted by molar-refractivity contribution is 7.71. The zero-order valence-corrected chi connectivity index (χ0v) is 9.27. The summed E-state index contributed by atoms with van der Waals surface area (Å²) in [6, 6.07) is 0.478. The predicted octanol–water partition coefficient (Wildman–Crippen LogP) is 2.55. The van der Waals surface area contributed by atoms with E-state index in [0.717, 1.165) is 4.77 Å². The lowest BCUT2D eigenvalue weighted by Gasteiger charge is -2.02. The van der Waals surface area contributed by atoms with Gasteiger partial charge in [0.25, 0.3) is 0 Å². The lowest BCUT2D eigenvalue weighted by molar-refractivity contribution is 0.457. The lowest BCUT2D eigenvalue weighted by Crippen LogP contribution is -1.98. The van der Waals surface area contributed by atoms with Gasteiger partial charge in [0.2, 0.25) is 0 Å². The van der Waals surface area contributed by atoms with Crippen LogP contribution in [-0.2, 0) is 0 Å². The molecule has 3 nitrogen and oxygen atoms in total. The van der Waals surface area contributed by atoms with Crippen molar-refractivity contribution in [1.29, 1.82) is 0 Å². The molecule has 1 aliphatic rings. The SMILES string of the molecule is CC1(C)C(n2cn[nH]c2=S)C1(C)C. The molecule has 0 amide bonds. The van der Waals surface area contributed by atoms with E-state index in [9.17, 15) is 0 Å². The molecule has 72 valence electrons. The van der Waals surface area contributed by atoms with Gasteiger partial charge < -0.3 is 4.57 Å². The van der Waals surface area contributed by atoms with Crippen molar-refractivity contribution in [1.82, 2.24) is 14.8 Å². The average Bonchev–Trinajstić information content (AvgIpc) is 2.33. The van der Waals surface area contributed by atoms with E-state index < -0.39 is 0 Å². The number of H-pyrrole nitrogens is 1. The van der Waals surface area contributed by atoms with E-state index in [1.54, 1.807) is 6.33 Å². The Morgan fingerprint density at radius 1 is 1.38 bits per heavy atom. The molecule has 1 saturated carbocycles. The van der Waals surface area contributed by atoms with Gasteiger partial charge in [-0.05, 0) is 23.0 Å². The number of hydrogen-bond donors (Lipinski definition) is 1. The summed E-state index contributed by atoms with van der Waals surface area (Å²) in [6.45, 7) is 9.08. The van der Waals surface area contributed by atoms with Crippen LogP contribution < -0.4 is 0 Å². The number of aromatic nitrogens is 3. The van der Waals surface area contributed by atoms with E-state index in [1.807, 2.05) is 0 Å². The molecule has 0 bridgehead atoms. The van der Waals surface area contributed by atoms with Crippen LogP contribution in [0.4, 0.5) is 0 Å². The minimum Gasteiger partial charge on any atom is -0.303 e. The average molecular weight is 197 g/mol. The van der Waals surface area contributed by atoms with Crippen LogP contribution in [0.25, 0.3) is 0 Å². The molecule has 0 unspecified atom stereocenters. The van der Waals surface area contributed by atoms with Crippen molar-refractivity contribution in [3.8, 4) is 0 Å². The smallest absolute Gasteiger partial charge is 0.195 e. The van der Waals surface area contributed by atoms with Gasteiger partial charge in [-0.3, -0.25) is 5.10 Å². The van der Waals surface area contributed by atoms with Crippen molar-refractivity contribution in [2.45, 2.75) is 33.7 Å². The maximum Gasteiger partial charge on any atom is 0.195 e. The lowest BCUT2D eigenvalue weighted by atomic mass is 10.0. The van der Waals surface area contributed by atoms with Crippen molar-refractivity contribution in [3.63, 3.8) is 0 Å². The van der Waals surface area contributed by atoms with Crippen LogP contribution in [0.3, 0.4) is 0 Å². The molecule has 1 aliphatic carbocycles. The fraction of sp³-hybridized carbons (Fsp3) is 0.778. The summed E-state index contributed by atoms with van der Waals surface area (Å²) in [7, 11) is 0. The third kappa shape index (κ3) is 0.950. The summed E-state index contributed by atoms with van der Waals surface area (Å²) >= 11 is 5.15. The minimum absolute atomic E-state index is 0.315. The third-order valence-corrected chi connectivity index (χ3v) is 4.10. The van der Waals surface area contributed by atoms with E-state index in [-0.39, 0.29) is 0 Å². The van der Waals surface area contributed by atoms with Crippen molar-refractivity contribution in [3.05, 3.63) is 11.1 Å². The van der Waals surface area contributed by atoms with Gasteiger partial charge in [0.1, 0.15) is 6.33 Å². The van der Waals surface area contributed by atoms with Crippen LogP contribution >= 0.6 is 12.2 Å². The van der Waals surface area contributed by atoms with Crippen LogP contribution in [0.1, 0.15) is 33.7 Å². The summed E-state index contributed by atoms with van der Waals surface area (Å²) in [5.74, 6) is 0. The fourth-order valence-corrected chi connectivity index (χ4v) is 2.50. The molecule has 0 saturated heterocycles. The molecule has 1 aromatic rings. The van der Waals surface area contributed by atoms with Crippen molar-refractivity contribution in [2.75, 3.05) is 0 Å². The Hall–Kier alpha value is -0.640. The molecule has 0 spiro atoms. The summed E-state index contributed by atoms with van der Waals surface area (Å²) in [5, 5.41) is 6.74. The van der Waals surface area contributed by atoms with Gasteiger partial charge in [-0.2, -0.15) is 5.10 Å². The Bertz CT molecular complexity index is 372. The summed E-state index contributed by atoms with van der Waals surface area (Å²) < 4.78 is 2.79. The van der Waals surface area contributed by atoms with Crippen molar-refractivity contribution in [2.24, 2.45) is 10.8 Å². The predicted molar refractivity (Wildman–Crippen MR) is 54.0 cm³/mol. The second-order valence-corrected chi connectivity index (χ2v) is 5.30. The van der Waals surface area contributed by atoms with E-state index in [1.165, 1.54) is 0 Å². The highest BCUT2D eigenvalue weighted by atomic mass is 32.1. The molecule has 0 radical (unpaired) electrons. The molecule has 0 atom stereocenters. The first-order chi connectivity index (χ1) is 5.89. The normalized spacial score (nSPS) is 24.6. The van der Waals surface area contributed by atoms with Gasteiger partial charge in [0.15, 0.2) is 4.77 Å². The van der Waals surface area contributed by atoms with E-state index in [2.05, 4.69) is 42.5 Å². The monoisotopic (exact) mass is 197 g/mol. The zero-order valence-electron chi connectivity index (χ0n) is 8.46. The number of hydrogen-bond acceptors (Lipinski definition) is 2. The van der Waals surface area contributed by atoms with Gasteiger partial charge in [-0.15, -0.1) is 0 Å². The zero-order chi connectivity index (χ0) is 9.85. The highest BCUT2D eigenvalue weighted by Gasteiger charge is 2.66. The highest BCUT2D eigenvalue weighted by Crippen LogP contribution is 2.71. The van der Waals surface area contributed by atoms with E-state index >= 15 is 0 Å². The minimum atomic E-state index is 0.315. The second kappa shape index (κ2) is 2.23. The summed E-state index contributed by atoms with van der Waals surface area (Å²) in [6.07, 6.45) is 1.80. The molecule has 4 heteroatoms. The van der Waals surface area contributed by atoms with Gasteiger partial charge in [0.05, 0.1) is 0 Å². The molecule has 1 fully saturated rings. The van der Waals surface area contributed by atoms with E-state index in [0.29, 0.717) is 16.9 Å². The van der Waals surface area contributed by atoms with Crippen molar-refractivity contribution >= 4 is 12.2 Å². The maximum atomic E-state index is 5.15. The first kappa shape index (κ1) is 8.94. The molecular weight excluding hydrogens is 182 g/mol. The number of rotatable bonds is 1. The maximum absolute atomic E-state index is 5.15. The molecule has 13 heavy (non-hydrogen) atoms. The fourth-order valence-electron chi connectivity index (χ4n) is 2.30. The van der Waals surface area contributed by atoms with Gasteiger partial charge >= 0.3 is 0 Å². The quantitative estimate of drug-likeness (QED) is 0.702. The third-order valence-electron chi connectivity index (χ3n) is 3.80. The first-order valence-electron chi connectivity index (χ1n) is 4.50. The van der Waals surface area contributed by atoms with Gasteiger partial charge in [-0.25, -0.2) is 0 Å². The first-order valence-corrected chi connectivity index (χ1v) is 4.91. The Morgan fingerprint density at radius 3 is 2.23 bits per heavy atom. The Kier molecular flexibility index (Phi) is 1.54. The van der Waals surface area contributed by atoms with Crippen LogP contribution in [0.2, 0.25) is 0 Å². The van der Waals surface area contributed by atoms with Crippen LogP contribution in [0.15, 0.2) is 6.33 Å². The standard InChI is InChI=1S/C9H15N3S/c1-8(2)6(9(8,3)4)12-5-10-11-7(12)13/h5-6H,1-4H3,(H,11,13). The molecular formula is C9H15N3S. The van der Waals surface area contributed by atoms with Gasteiger partial charge in [0, 0.05) is 6.04 Å². The van der Waals surface area contributed by atoms with Crippen LogP contribution in [0.5, 0.6) is 0 Å². The van der Waals surface area contributed by atoms with Crippen LogP contribution in [-0.4, -0.2) is 14.8 Å². The molecule has 2 rings (SSSR count). The molecule has 1 aromatic heterocycles. The molecule has 0 aromatic carbocycles. The number of aromatic amines is 1. The number of nitrogens with zero attached hydrogens (tertiary/aromatic N) is 2. The molecule has 0 aliphatic heterocycles. The largest absolute Gasteiger partial charge is 0.303 e. The summed E-state index contributed by atoms with van der Waals surface area (Å²) in [4.78, 5) is 0.